The number of carbonyl (C=O) groups is 1. The fourth-order valence-corrected chi connectivity index (χ4v) is 3.74. The van der Waals surface area contributed by atoms with E-state index in [9.17, 15) is 9.59 Å². The standard InChI is InChI=1S/C23H22BrN5O2/c1-14(2)28(13-21-26-20-7-5-4-6-18(20)22(30)27-21)23(31)19-12-25-29(15(19)3)17-10-8-16(24)9-11-17/h4-12,14H,13H2,1-3H3,(H,26,27,30). The van der Waals surface area contributed by atoms with Crippen LogP contribution in [0.25, 0.3) is 16.6 Å². The Balaban J connectivity index is 1.66. The highest BCUT2D eigenvalue weighted by atomic mass is 79.9. The Morgan fingerprint density at radius 2 is 1.87 bits per heavy atom. The Labute approximate surface area is 187 Å². The molecule has 7 nitrogen and oxygen atoms in total. The summed E-state index contributed by atoms with van der Waals surface area (Å²) >= 11 is 3.43. The predicted octanol–water partition coefficient (Wildman–Crippen LogP) is 4.23. The van der Waals surface area contributed by atoms with Crippen molar-refractivity contribution in [2.75, 3.05) is 0 Å². The van der Waals surface area contributed by atoms with Crippen molar-refractivity contribution < 1.29 is 4.79 Å². The van der Waals surface area contributed by atoms with Gasteiger partial charge >= 0.3 is 0 Å². The molecule has 0 saturated carbocycles. The van der Waals surface area contributed by atoms with Gasteiger partial charge in [0.25, 0.3) is 11.5 Å². The van der Waals surface area contributed by atoms with Gasteiger partial charge in [0.15, 0.2) is 0 Å². The lowest BCUT2D eigenvalue weighted by atomic mass is 10.2. The van der Waals surface area contributed by atoms with Crippen molar-refractivity contribution in [3.05, 3.63) is 86.6 Å². The highest BCUT2D eigenvalue weighted by molar-refractivity contribution is 9.10. The zero-order chi connectivity index (χ0) is 22.1. The van der Waals surface area contributed by atoms with E-state index < -0.39 is 0 Å². The molecular weight excluding hydrogens is 458 g/mol. The second-order valence-electron chi connectivity index (χ2n) is 7.59. The van der Waals surface area contributed by atoms with E-state index in [4.69, 9.17) is 0 Å². The number of amides is 1. The number of hydrogen-bond donors (Lipinski definition) is 1. The molecule has 0 unspecified atom stereocenters. The maximum atomic E-state index is 13.4. The summed E-state index contributed by atoms with van der Waals surface area (Å²) in [5.41, 5.74) is 2.53. The van der Waals surface area contributed by atoms with E-state index in [1.807, 2.05) is 51.1 Å². The highest BCUT2D eigenvalue weighted by Crippen LogP contribution is 2.20. The SMILES string of the molecule is Cc1c(C(=O)N(Cc2nc3ccccc3c(=O)[nH]2)C(C)C)cnn1-c1ccc(Br)cc1. The van der Waals surface area contributed by atoms with Gasteiger partial charge in [-0.05, 0) is 57.2 Å². The van der Waals surface area contributed by atoms with Crippen LogP contribution >= 0.6 is 15.9 Å². The molecule has 1 N–H and O–H groups in total. The Hall–Kier alpha value is -3.26. The molecule has 0 aliphatic heterocycles. The van der Waals surface area contributed by atoms with Crippen LogP contribution in [0, 0.1) is 6.92 Å². The Morgan fingerprint density at radius 1 is 1.16 bits per heavy atom. The van der Waals surface area contributed by atoms with Gasteiger partial charge in [0.2, 0.25) is 0 Å². The summed E-state index contributed by atoms with van der Waals surface area (Å²) in [4.78, 5) is 34.9. The zero-order valence-corrected chi connectivity index (χ0v) is 19.0. The van der Waals surface area contributed by atoms with Crippen LogP contribution in [-0.2, 0) is 6.54 Å². The molecule has 31 heavy (non-hydrogen) atoms. The Morgan fingerprint density at radius 3 is 2.58 bits per heavy atom. The fourth-order valence-electron chi connectivity index (χ4n) is 3.48. The van der Waals surface area contributed by atoms with E-state index in [-0.39, 0.29) is 24.1 Å². The largest absolute Gasteiger partial charge is 0.329 e. The molecule has 2 aromatic carbocycles. The van der Waals surface area contributed by atoms with Crippen molar-refractivity contribution in [1.29, 1.82) is 0 Å². The van der Waals surface area contributed by atoms with Crippen LogP contribution in [-0.4, -0.2) is 36.6 Å². The minimum absolute atomic E-state index is 0.0975. The van der Waals surface area contributed by atoms with Gasteiger partial charge in [0.05, 0.1) is 40.6 Å². The molecule has 158 valence electrons. The monoisotopic (exact) mass is 479 g/mol. The molecule has 1 amide bonds. The lowest BCUT2D eigenvalue weighted by Crippen LogP contribution is -2.37. The van der Waals surface area contributed by atoms with Crippen LogP contribution in [0.5, 0.6) is 0 Å². The highest BCUT2D eigenvalue weighted by Gasteiger charge is 2.24. The van der Waals surface area contributed by atoms with E-state index >= 15 is 0 Å². The van der Waals surface area contributed by atoms with Crippen LogP contribution < -0.4 is 5.56 Å². The summed E-state index contributed by atoms with van der Waals surface area (Å²) in [6, 6.07) is 14.8. The molecular formula is C23H22BrN5O2. The topological polar surface area (TPSA) is 83.9 Å². The molecule has 0 spiro atoms. The summed E-state index contributed by atoms with van der Waals surface area (Å²) in [5.74, 6) is 0.287. The van der Waals surface area contributed by atoms with Gasteiger partial charge in [-0.2, -0.15) is 5.10 Å². The van der Waals surface area contributed by atoms with E-state index in [1.54, 1.807) is 34.0 Å². The van der Waals surface area contributed by atoms with Crippen molar-refractivity contribution in [3.8, 4) is 5.69 Å². The molecule has 0 aliphatic carbocycles. The first kappa shape index (κ1) is 21.0. The Bertz CT molecular complexity index is 1310. The summed E-state index contributed by atoms with van der Waals surface area (Å²) in [6.07, 6.45) is 1.59. The van der Waals surface area contributed by atoms with E-state index in [0.717, 1.165) is 15.9 Å². The fraction of sp³-hybridized carbons (Fsp3) is 0.217. The number of aromatic nitrogens is 4. The first-order valence-corrected chi connectivity index (χ1v) is 10.7. The number of H-pyrrole nitrogens is 1. The number of rotatable bonds is 5. The second-order valence-corrected chi connectivity index (χ2v) is 8.50. The first-order valence-electron chi connectivity index (χ1n) is 9.94. The smallest absolute Gasteiger partial charge is 0.258 e. The van der Waals surface area contributed by atoms with Crippen LogP contribution in [0.1, 0.15) is 35.7 Å². The second kappa shape index (κ2) is 8.47. The average Bonchev–Trinajstić information content (AvgIpc) is 3.13. The van der Waals surface area contributed by atoms with Gasteiger partial charge in [-0.1, -0.05) is 28.1 Å². The molecule has 0 aliphatic rings. The first-order chi connectivity index (χ1) is 14.8. The van der Waals surface area contributed by atoms with E-state index in [1.165, 1.54) is 0 Å². The minimum Gasteiger partial charge on any atom is -0.329 e. The van der Waals surface area contributed by atoms with E-state index in [0.29, 0.717) is 22.3 Å². The maximum absolute atomic E-state index is 13.4. The average molecular weight is 480 g/mol. The number of para-hydroxylation sites is 1. The van der Waals surface area contributed by atoms with Crippen LogP contribution in [0.2, 0.25) is 0 Å². The van der Waals surface area contributed by atoms with Crippen molar-refractivity contribution in [3.63, 3.8) is 0 Å². The van der Waals surface area contributed by atoms with Gasteiger partial charge in [-0.3, -0.25) is 9.59 Å². The number of benzene rings is 2. The predicted molar refractivity (Wildman–Crippen MR) is 123 cm³/mol. The number of nitrogens with one attached hydrogen (secondary N) is 1. The number of fused-ring (bicyclic) bond motifs is 1. The number of carbonyl (C=O) groups excluding carboxylic acids is 1. The molecule has 0 saturated heterocycles. The molecule has 4 rings (SSSR count). The third-order valence-corrected chi connectivity index (χ3v) is 5.71. The number of aromatic amines is 1. The minimum atomic E-state index is -0.212. The van der Waals surface area contributed by atoms with Crippen molar-refractivity contribution >= 4 is 32.7 Å². The summed E-state index contributed by atoms with van der Waals surface area (Å²) in [5, 5.41) is 4.95. The molecule has 0 fully saturated rings. The lowest BCUT2D eigenvalue weighted by molar-refractivity contribution is 0.0684. The molecule has 0 atom stereocenters. The van der Waals surface area contributed by atoms with Crippen molar-refractivity contribution in [1.82, 2.24) is 24.6 Å². The van der Waals surface area contributed by atoms with Gasteiger partial charge in [0, 0.05) is 10.5 Å². The summed E-state index contributed by atoms with van der Waals surface area (Å²) in [6.45, 7) is 5.94. The third kappa shape index (κ3) is 4.16. The van der Waals surface area contributed by atoms with E-state index in [2.05, 4.69) is 31.0 Å². The normalized spacial score (nSPS) is 11.3. The molecule has 2 heterocycles. The summed E-state index contributed by atoms with van der Waals surface area (Å²) in [7, 11) is 0. The van der Waals surface area contributed by atoms with Crippen LogP contribution in [0.3, 0.4) is 0 Å². The maximum Gasteiger partial charge on any atom is 0.258 e. The number of halogens is 1. The van der Waals surface area contributed by atoms with Gasteiger partial charge in [0.1, 0.15) is 5.82 Å². The third-order valence-electron chi connectivity index (χ3n) is 5.18. The lowest BCUT2D eigenvalue weighted by Gasteiger charge is -2.26. The number of hydrogen-bond acceptors (Lipinski definition) is 4. The van der Waals surface area contributed by atoms with Gasteiger partial charge < -0.3 is 9.88 Å². The molecule has 8 heteroatoms. The van der Waals surface area contributed by atoms with Gasteiger partial charge in [-0.25, -0.2) is 9.67 Å². The molecule has 0 radical (unpaired) electrons. The van der Waals surface area contributed by atoms with Gasteiger partial charge in [-0.15, -0.1) is 0 Å². The quantitative estimate of drug-likeness (QED) is 0.464. The number of nitrogens with zero attached hydrogens (tertiary/aromatic N) is 4. The molecule has 0 bridgehead atoms. The van der Waals surface area contributed by atoms with Crippen LogP contribution in [0.4, 0.5) is 0 Å². The molecule has 4 aromatic rings. The van der Waals surface area contributed by atoms with Crippen molar-refractivity contribution in [2.45, 2.75) is 33.4 Å². The molecule has 2 aromatic heterocycles. The zero-order valence-electron chi connectivity index (χ0n) is 17.5. The van der Waals surface area contributed by atoms with Crippen LogP contribution in [0.15, 0.2) is 64.0 Å². The Kier molecular flexibility index (Phi) is 5.73. The summed E-state index contributed by atoms with van der Waals surface area (Å²) < 4.78 is 2.72. The van der Waals surface area contributed by atoms with Crippen molar-refractivity contribution in [2.24, 2.45) is 0 Å².